The van der Waals surface area contributed by atoms with Crippen LogP contribution in [0, 0.1) is 6.92 Å². The number of aryl methyl sites for hydroxylation is 1. The Balaban J connectivity index is 1.73. The van der Waals surface area contributed by atoms with Gasteiger partial charge in [-0.25, -0.2) is 0 Å². The summed E-state index contributed by atoms with van der Waals surface area (Å²) in [7, 11) is 1.82. The monoisotopic (exact) mass is 333 g/mol. The quantitative estimate of drug-likeness (QED) is 0.712. The van der Waals surface area contributed by atoms with Crippen LogP contribution < -0.4 is 5.32 Å². The first-order valence-corrected chi connectivity index (χ1v) is 8.43. The number of hydrogen-bond donors (Lipinski definition) is 1. The Morgan fingerprint density at radius 2 is 1.91 bits per heavy atom. The molecule has 1 aromatic carbocycles. The van der Waals surface area contributed by atoms with E-state index in [2.05, 4.69) is 25.7 Å². The molecule has 22 heavy (non-hydrogen) atoms. The van der Waals surface area contributed by atoms with Crippen LogP contribution in [0.3, 0.4) is 0 Å². The Labute approximate surface area is 136 Å². The molecule has 2 aromatic heterocycles. The number of benzene rings is 1. The molecular formula is C14H15N5OS2. The summed E-state index contributed by atoms with van der Waals surface area (Å²) in [5, 5.41) is 20.2. The van der Waals surface area contributed by atoms with Gasteiger partial charge >= 0.3 is 0 Å². The number of hydrogen-bond acceptors (Lipinski definition) is 8. The van der Waals surface area contributed by atoms with Gasteiger partial charge in [0.25, 0.3) is 0 Å². The fourth-order valence-corrected chi connectivity index (χ4v) is 3.65. The average molecular weight is 333 g/mol. The second-order valence-corrected chi connectivity index (χ2v) is 7.26. The van der Waals surface area contributed by atoms with Crippen molar-refractivity contribution in [3.8, 4) is 11.5 Å². The van der Waals surface area contributed by atoms with E-state index in [1.807, 2.05) is 45.2 Å². The van der Waals surface area contributed by atoms with Crippen LogP contribution in [0.1, 0.15) is 23.6 Å². The Morgan fingerprint density at radius 1 is 1.14 bits per heavy atom. The number of aromatic nitrogens is 4. The van der Waals surface area contributed by atoms with Crippen LogP contribution in [0.15, 0.2) is 33.0 Å². The van der Waals surface area contributed by atoms with Crippen molar-refractivity contribution in [2.45, 2.75) is 23.4 Å². The lowest BCUT2D eigenvalue weighted by molar-refractivity contribution is 0.509. The minimum Gasteiger partial charge on any atom is -0.419 e. The second-order valence-electron chi connectivity index (χ2n) is 4.69. The Hall–Kier alpha value is -1.93. The highest BCUT2D eigenvalue weighted by Crippen LogP contribution is 2.37. The molecule has 0 saturated heterocycles. The van der Waals surface area contributed by atoms with Gasteiger partial charge in [0, 0.05) is 12.6 Å². The molecule has 114 valence electrons. The fourth-order valence-electron chi connectivity index (χ4n) is 1.77. The lowest BCUT2D eigenvalue weighted by Gasteiger charge is -2.02. The molecule has 0 amide bonds. The number of anilines is 1. The Kier molecular flexibility index (Phi) is 4.39. The maximum absolute atomic E-state index is 5.77. The van der Waals surface area contributed by atoms with Crippen molar-refractivity contribution >= 4 is 28.2 Å². The third-order valence-electron chi connectivity index (χ3n) is 2.98. The van der Waals surface area contributed by atoms with Crippen LogP contribution >= 0.6 is 23.1 Å². The third kappa shape index (κ3) is 3.28. The van der Waals surface area contributed by atoms with Crippen LogP contribution in [0.2, 0.25) is 0 Å². The van der Waals surface area contributed by atoms with E-state index in [0.29, 0.717) is 11.8 Å². The maximum atomic E-state index is 5.77. The number of rotatable bonds is 5. The van der Waals surface area contributed by atoms with Crippen molar-refractivity contribution in [2.75, 3.05) is 12.4 Å². The molecular weight excluding hydrogens is 318 g/mol. The summed E-state index contributed by atoms with van der Waals surface area (Å²) >= 11 is 3.05. The average Bonchev–Trinajstić information content (AvgIpc) is 3.17. The minimum atomic E-state index is 0.0179. The Bertz CT molecular complexity index is 753. The zero-order chi connectivity index (χ0) is 15.5. The summed E-state index contributed by atoms with van der Waals surface area (Å²) in [6, 6.07) is 8.01. The van der Waals surface area contributed by atoms with Gasteiger partial charge in [-0.2, -0.15) is 0 Å². The number of thioether (sulfide) groups is 1. The predicted octanol–water partition coefficient (Wildman–Crippen LogP) is 3.79. The smallest absolute Gasteiger partial charge is 0.247 e. The maximum Gasteiger partial charge on any atom is 0.247 e. The highest BCUT2D eigenvalue weighted by Gasteiger charge is 2.18. The molecule has 0 radical (unpaired) electrons. The van der Waals surface area contributed by atoms with E-state index < -0.39 is 0 Å². The van der Waals surface area contributed by atoms with E-state index in [9.17, 15) is 0 Å². The summed E-state index contributed by atoms with van der Waals surface area (Å²) in [6.07, 6.45) is 0. The van der Waals surface area contributed by atoms with Crippen molar-refractivity contribution in [3.63, 3.8) is 0 Å². The summed E-state index contributed by atoms with van der Waals surface area (Å²) in [5.74, 6) is 1.12. The van der Waals surface area contributed by atoms with E-state index >= 15 is 0 Å². The van der Waals surface area contributed by atoms with E-state index in [1.165, 1.54) is 16.9 Å². The molecule has 0 fully saturated rings. The van der Waals surface area contributed by atoms with Crippen LogP contribution in [-0.2, 0) is 0 Å². The first-order chi connectivity index (χ1) is 10.7. The molecule has 3 aromatic rings. The van der Waals surface area contributed by atoms with Crippen LogP contribution in [0.25, 0.3) is 11.5 Å². The first-order valence-electron chi connectivity index (χ1n) is 6.74. The molecule has 0 aliphatic rings. The van der Waals surface area contributed by atoms with Crippen LogP contribution in [0.4, 0.5) is 5.13 Å². The molecule has 6 nitrogen and oxygen atoms in total. The zero-order valence-corrected chi connectivity index (χ0v) is 14.0. The zero-order valence-electron chi connectivity index (χ0n) is 12.4. The highest BCUT2D eigenvalue weighted by molar-refractivity contribution is 8.01. The number of nitrogens with one attached hydrogen (secondary N) is 1. The van der Waals surface area contributed by atoms with Crippen molar-refractivity contribution in [1.82, 2.24) is 20.4 Å². The van der Waals surface area contributed by atoms with Gasteiger partial charge in [0.2, 0.25) is 16.9 Å². The number of nitrogens with zero attached hydrogens (tertiary/aromatic N) is 4. The Morgan fingerprint density at radius 3 is 2.59 bits per heavy atom. The van der Waals surface area contributed by atoms with Crippen molar-refractivity contribution in [2.24, 2.45) is 0 Å². The standard InChI is InChI=1S/C14H15N5OS2/c1-8-4-6-10(7-5-8)12-17-16-11(20-12)9(2)21-14-19-18-13(15-3)22-14/h4-7,9H,1-3H3,(H,15,18)/t9-/m1/s1. The summed E-state index contributed by atoms with van der Waals surface area (Å²) in [5.41, 5.74) is 2.12. The molecule has 3 rings (SSSR count). The van der Waals surface area contributed by atoms with Gasteiger partial charge < -0.3 is 9.73 Å². The van der Waals surface area contributed by atoms with Crippen LogP contribution in [0.5, 0.6) is 0 Å². The fraction of sp³-hybridized carbons (Fsp3) is 0.286. The molecule has 0 unspecified atom stereocenters. The molecule has 0 spiro atoms. The molecule has 1 atom stereocenters. The molecule has 0 aliphatic carbocycles. The van der Waals surface area contributed by atoms with E-state index in [-0.39, 0.29) is 5.25 Å². The first kappa shape index (κ1) is 15.0. The molecule has 2 heterocycles. The largest absolute Gasteiger partial charge is 0.419 e. The van der Waals surface area contributed by atoms with Gasteiger partial charge in [-0.05, 0) is 26.0 Å². The molecule has 0 bridgehead atoms. The van der Waals surface area contributed by atoms with E-state index in [4.69, 9.17) is 4.42 Å². The minimum absolute atomic E-state index is 0.0179. The normalized spacial score (nSPS) is 12.3. The second kappa shape index (κ2) is 6.45. The van der Waals surface area contributed by atoms with Gasteiger partial charge in [0.05, 0.1) is 5.25 Å². The molecule has 0 saturated carbocycles. The van der Waals surface area contributed by atoms with Gasteiger partial charge in [-0.15, -0.1) is 20.4 Å². The predicted molar refractivity (Wildman–Crippen MR) is 88.2 cm³/mol. The molecule has 0 aliphatic heterocycles. The van der Waals surface area contributed by atoms with Crippen molar-refractivity contribution in [1.29, 1.82) is 0 Å². The van der Waals surface area contributed by atoms with Gasteiger partial charge in [-0.3, -0.25) is 0 Å². The molecule has 8 heteroatoms. The van der Waals surface area contributed by atoms with Gasteiger partial charge in [-0.1, -0.05) is 40.8 Å². The lowest BCUT2D eigenvalue weighted by atomic mass is 10.1. The van der Waals surface area contributed by atoms with E-state index in [1.54, 1.807) is 11.8 Å². The van der Waals surface area contributed by atoms with Crippen LogP contribution in [-0.4, -0.2) is 27.4 Å². The lowest BCUT2D eigenvalue weighted by Crippen LogP contribution is -1.88. The van der Waals surface area contributed by atoms with Crippen molar-refractivity contribution < 1.29 is 4.42 Å². The summed E-state index contributed by atoms with van der Waals surface area (Å²) < 4.78 is 6.64. The topological polar surface area (TPSA) is 76.7 Å². The van der Waals surface area contributed by atoms with E-state index in [0.717, 1.165) is 15.0 Å². The van der Waals surface area contributed by atoms with Gasteiger partial charge in [0.15, 0.2) is 4.34 Å². The SMILES string of the molecule is CNc1nnc(S[C@H](C)c2nnc(-c3ccc(C)cc3)o2)s1. The summed E-state index contributed by atoms with van der Waals surface area (Å²) in [6.45, 7) is 4.06. The van der Waals surface area contributed by atoms with Gasteiger partial charge in [0.1, 0.15) is 0 Å². The van der Waals surface area contributed by atoms with Crippen molar-refractivity contribution in [3.05, 3.63) is 35.7 Å². The highest BCUT2D eigenvalue weighted by atomic mass is 32.2. The molecule has 1 N–H and O–H groups in total. The summed E-state index contributed by atoms with van der Waals surface area (Å²) in [4.78, 5) is 0. The third-order valence-corrected chi connectivity index (χ3v) is 5.10.